The Hall–Kier alpha value is -2.82. The number of rotatable bonds is 9. The van der Waals surface area contributed by atoms with Gasteiger partial charge in [0, 0.05) is 24.6 Å². The standard InChI is InChI=1S/C22H24N4O4S2/c1-3-26(14-15-7-5-4-6-8-15)32(28,29)19-13-17(11-12-18(19)30-2)20(27)23-22-25-24-21(31-22)16-9-10-16/h4-8,11-13,16H,3,9-10,14H2,1-2H3,(H,23,25,27). The summed E-state index contributed by atoms with van der Waals surface area (Å²) in [6.45, 7) is 2.26. The van der Waals surface area contributed by atoms with E-state index >= 15 is 0 Å². The highest BCUT2D eigenvalue weighted by atomic mass is 32.2. The molecule has 0 aliphatic heterocycles. The highest BCUT2D eigenvalue weighted by Crippen LogP contribution is 2.42. The molecule has 0 spiro atoms. The van der Waals surface area contributed by atoms with Crippen LogP contribution in [0.4, 0.5) is 5.13 Å². The van der Waals surface area contributed by atoms with E-state index in [1.807, 2.05) is 30.3 Å². The predicted octanol–water partition coefficient (Wildman–Crippen LogP) is 3.89. The van der Waals surface area contributed by atoms with Crippen molar-refractivity contribution in [2.75, 3.05) is 19.0 Å². The van der Waals surface area contributed by atoms with Crippen molar-refractivity contribution in [3.05, 3.63) is 64.7 Å². The van der Waals surface area contributed by atoms with E-state index in [0.717, 1.165) is 23.4 Å². The van der Waals surface area contributed by atoms with Crippen LogP contribution < -0.4 is 10.1 Å². The second-order valence-electron chi connectivity index (χ2n) is 7.46. The number of anilines is 1. The van der Waals surface area contributed by atoms with Gasteiger partial charge in [-0.1, -0.05) is 48.6 Å². The van der Waals surface area contributed by atoms with Crippen LogP contribution in [0.15, 0.2) is 53.4 Å². The van der Waals surface area contributed by atoms with Gasteiger partial charge in [-0.2, -0.15) is 4.31 Å². The summed E-state index contributed by atoms with van der Waals surface area (Å²) in [5, 5.41) is 12.2. The molecule has 4 rings (SSSR count). The van der Waals surface area contributed by atoms with Crippen LogP contribution in [0.3, 0.4) is 0 Å². The number of methoxy groups -OCH3 is 1. The van der Waals surface area contributed by atoms with Crippen LogP contribution in [-0.2, 0) is 16.6 Å². The molecule has 0 radical (unpaired) electrons. The molecule has 1 aliphatic carbocycles. The highest BCUT2D eigenvalue weighted by Gasteiger charge is 2.29. The molecular weight excluding hydrogens is 448 g/mol. The second-order valence-corrected chi connectivity index (χ2v) is 10.4. The van der Waals surface area contributed by atoms with E-state index in [4.69, 9.17) is 4.74 Å². The number of sulfonamides is 1. The Labute approximate surface area is 191 Å². The minimum absolute atomic E-state index is 0.0543. The maximum absolute atomic E-state index is 13.5. The zero-order valence-corrected chi connectivity index (χ0v) is 19.4. The Morgan fingerprint density at radius 2 is 1.94 bits per heavy atom. The molecule has 8 nitrogen and oxygen atoms in total. The summed E-state index contributed by atoms with van der Waals surface area (Å²) in [7, 11) is -2.51. The number of hydrogen-bond acceptors (Lipinski definition) is 7. The molecular formula is C22H24N4O4S2. The third-order valence-corrected chi connectivity index (χ3v) is 8.13. The van der Waals surface area contributed by atoms with Gasteiger partial charge in [-0.3, -0.25) is 10.1 Å². The number of amides is 1. The molecule has 2 aromatic carbocycles. The lowest BCUT2D eigenvalue weighted by molar-refractivity contribution is 0.102. The van der Waals surface area contributed by atoms with Crippen LogP contribution >= 0.6 is 11.3 Å². The molecule has 1 aromatic heterocycles. The van der Waals surface area contributed by atoms with E-state index in [-0.39, 0.29) is 29.3 Å². The zero-order chi connectivity index (χ0) is 22.7. The Kier molecular flexibility index (Phi) is 6.54. The lowest BCUT2D eigenvalue weighted by Gasteiger charge is -2.22. The number of carbonyl (C=O) groups excluding carboxylic acids is 1. The Morgan fingerprint density at radius 1 is 1.19 bits per heavy atom. The maximum Gasteiger partial charge on any atom is 0.257 e. The highest BCUT2D eigenvalue weighted by molar-refractivity contribution is 7.89. The smallest absolute Gasteiger partial charge is 0.257 e. The van der Waals surface area contributed by atoms with Gasteiger partial charge in [0.05, 0.1) is 7.11 Å². The lowest BCUT2D eigenvalue weighted by atomic mass is 10.2. The minimum atomic E-state index is -3.92. The molecule has 0 bridgehead atoms. The molecule has 0 unspecified atom stereocenters. The van der Waals surface area contributed by atoms with Gasteiger partial charge in [0.1, 0.15) is 15.7 Å². The van der Waals surface area contributed by atoms with Crippen molar-refractivity contribution >= 4 is 32.4 Å². The van der Waals surface area contributed by atoms with Gasteiger partial charge < -0.3 is 4.74 Å². The van der Waals surface area contributed by atoms with E-state index in [0.29, 0.717) is 11.0 Å². The molecule has 1 amide bonds. The lowest BCUT2D eigenvalue weighted by Crippen LogP contribution is -2.31. The Bertz CT molecular complexity index is 1210. The average Bonchev–Trinajstić information content (AvgIpc) is 3.56. The Morgan fingerprint density at radius 3 is 2.59 bits per heavy atom. The normalized spacial score (nSPS) is 13.8. The quantitative estimate of drug-likeness (QED) is 0.507. The minimum Gasteiger partial charge on any atom is -0.495 e. The fraction of sp³-hybridized carbons (Fsp3) is 0.318. The van der Waals surface area contributed by atoms with Crippen LogP contribution in [0.2, 0.25) is 0 Å². The molecule has 32 heavy (non-hydrogen) atoms. The fourth-order valence-electron chi connectivity index (χ4n) is 3.26. The first-order valence-corrected chi connectivity index (χ1v) is 12.5. The predicted molar refractivity (Wildman–Crippen MR) is 123 cm³/mol. The number of ether oxygens (including phenoxy) is 1. The van der Waals surface area contributed by atoms with Gasteiger partial charge in [-0.15, -0.1) is 10.2 Å². The summed E-state index contributed by atoms with van der Waals surface area (Å²) in [6, 6.07) is 13.7. The SMILES string of the molecule is CCN(Cc1ccccc1)S(=O)(=O)c1cc(C(=O)Nc2nnc(C3CC3)s2)ccc1OC. The molecule has 168 valence electrons. The summed E-state index contributed by atoms with van der Waals surface area (Å²) in [5.74, 6) is 0.175. The molecule has 3 aromatic rings. The molecule has 1 heterocycles. The molecule has 0 saturated heterocycles. The van der Waals surface area contributed by atoms with Gasteiger partial charge in [-0.05, 0) is 36.6 Å². The molecule has 1 aliphatic rings. The van der Waals surface area contributed by atoms with Crippen molar-refractivity contribution in [2.45, 2.75) is 37.1 Å². The van der Waals surface area contributed by atoms with Crippen molar-refractivity contribution in [3.8, 4) is 5.75 Å². The first-order chi connectivity index (χ1) is 15.4. The van der Waals surface area contributed by atoms with Gasteiger partial charge >= 0.3 is 0 Å². The molecule has 1 N–H and O–H groups in total. The summed E-state index contributed by atoms with van der Waals surface area (Å²) in [5.41, 5.74) is 1.07. The molecule has 10 heteroatoms. The summed E-state index contributed by atoms with van der Waals surface area (Å²) >= 11 is 1.35. The van der Waals surface area contributed by atoms with E-state index in [1.54, 1.807) is 6.92 Å². The van der Waals surface area contributed by atoms with Crippen molar-refractivity contribution in [3.63, 3.8) is 0 Å². The fourth-order valence-corrected chi connectivity index (χ4v) is 5.79. The number of aromatic nitrogens is 2. The van der Waals surface area contributed by atoms with Crippen molar-refractivity contribution in [2.24, 2.45) is 0 Å². The summed E-state index contributed by atoms with van der Waals surface area (Å²) < 4.78 is 33.6. The number of hydrogen-bond donors (Lipinski definition) is 1. The second kappa shape index (κ2) is 9.35. The average molecular weight is 473 g/mol. The van der Waals surface area contributed by atoms with Gasteiger partial charge in [0.15, 0.2) is 0 Å². The van der Waals surface area contributed by atoms with Crippen LogP contribution in [0.5, 0.6) is 5.75 Å². The maximum atomic E-state index is 13.5. The van der Waals surface area contributed by atoms with Crippen LogP contribution in [0.1, 0.15) is 46.6 Å². The van der Waals surface area contributed by atoms with E-state index in [1.165, 1.54) is 41.0 Å². The monoisotopic (exact) mass is 472 g/mol. The van der Waals surface area contributed by atoms with Crippen molar-refractivity contribution in [1.82, 2.24) is 14.5 Å². The van der Waals surface area contributed by atoms with Gasteiger partial charge in [0.2, 0.25) is 15.2 Å². The molecule has 0 atom stereocenters. The van der Waals surface area contributed by atoms with E-state index < -0.39 is 15.9 Å². The van der Waals surface area contributed by atoms with Gasteiger partial charge in [-0.25, -0.2) is 8.42 Å². The van der Waals surface area contributed by atoms with Crippen molar-refractivity contribution in [1.29, 1.82) is 0 Å². The van der Waals surface area contributed by atoms with E-state index in [2.05, 4.69) is 15.5 Å². The topological polar surface area (TPSA) is 101 Å². The van der Waals surface area contributed by atoms with Crippen LogP contribution in [0.25, 0.3) is 0 Å². The number of carbonyl (C=O) groups is 1. The van der Waals surface area contributed by atoms with Gasteiger partial charge in [0.25, 0.3) is 5.91 Å². The Balaban J connectivity index is 1.60. The number of benzene rings is 2. The van der Waals surface area contributed by atoms with E-state index in [9.17, 15) is 13.2 Å². The first kappa shape index (κ1) is 22.4. The molecule has 1 saturated carbocycles. The number of nitrogens with zero attached hydrogens (tertiary/aromatic N) is 3. The zero-order valence-electron chi connectivity index (χ0n) is 17.8. The van der Waals surface area contributed by atoms with Crippen LogP contribution in [0, 0.1) is 0 Å². The van der Waals surface area contributed by atoms with Crippen molar-refractivity contribution < 1.29 is 17.9 Å². The number of nitrogens with one attached hydrogen (secondary N) is 1. The first-order valence-electron chi connectivity index (χ1n) is 10.3. The third kappa shape index (κ3) is 4.82. The summed E-state index contributed by atoms with van der Waals surface area (Å²) in [4.78, 5) is 12.7. The van der Waals surface area contributed by atoms with Crippen LogP contribution in [-0.4, -0.2) is 42.5 Å². The third-order valence-electron chi connectivity index (χ3n) is 5.19. The summed E-state index contributed by atoms with van der Waals surface area (Å²) in [6.07, 6.45) is 2.19. The molecule has 1 fully saturated rings. The largest absolute Gasteiger partial charge is 0.495 e.